The van der Waals surface area contributed by atoms with E-state index in [2.05, 4.69) is 4.98 Å². The quantitative estimate of drug-likeness (QED) is 0.408. The predicted octanol–water partition coefficient (Wildman–Crippen LogP) is 3.68. The van der Waals surface area contributed by atoms with Gasteiger partial charge in [-0.25, -0.2) is 0 Å². The van der Waals surface area contributed by atoms with Crippen molar-refractivity contribution >= 4 is 34.5 Å². The Morgan fingerprint density at radius 1 is 0.667 bits per heavy atom. The van der Waals surface area contributed by atoms with E-state index in [1.807, 2.05) is 24.4 Å². The summed E-state index contributed by atoms with van der Waals surface area (Å²) in [6.07, 6.45) is 2.36. The topological polar surface area (TPSA) is 99.8 Å². The molecule has 1 aromatic heterocycles. The van der Waals surface area contributed by atoms with Gasteiger partial charge in [0.2, 0.25) is 0 Å². The molecule has 0 spiro atoms. The van der Waals surface area contributed by atoms with Gasteiger partial charge in [-0.3, -0.25) is 29.0 Å². The first kappa shape index (κ1) is 21.8. The van der Waals surface area contributed by atoms with Gasteiger partial charge in [0.1, 0.15) is 12.4 Å². The standard InChI is InChI=1S/C28H21N3O5/c32-25-19-5-1-2-6-20(19)26(33)30(25)12-11-17-16-29-24-10-9-18(15-23(17)24)36-14-13-31-27(34)21-7-3-4-8-22(21)28(31)35/h1-10,15-16,29H,11-14H2. The summed E-state index contributed by atoms with van der Waals surface area (Å²) >= 11 is 0. The zero-order chi connectivity index (χ0) is 24.8. The van der Waals surface area contributed by atoms with E-state index in [9.17, 15) is 19.2 Å². The zero-order valence-corrected chi connectivity index (χ0v) is 19.2. The maximum absolute atomic E-state index is 12.7. The van der Waals surface area contributed by atoms with Crippen LogP contribution in [-0.4, -0.2) is 58.1 Å². The number of hydrogen-bond acceptors (Lipinski definition) is 5. The lowest BCUT2D eigenvalue weighted by Gasteiger charge is -2.15. The molecule has 0 saturated carbocycles. The van der Waals surface area contributed by atoms with E-state index in [1.165, 1.54) is 9.80 Å². The molecule has 2 aliphatic heterocycles. The van der Waals surface area contributed by atoms with Gasteiger partial charge in [-0.05, 0) is 54.4 Å². The van der Waals surface area contributed by atoms with Gasteiger partial charge >= 0.3 is 0 Å². The third-order valence-corrected chi connectivity index (χ3v) is 6.68. The van der Waals surface area contributed by atoms with Gasteiger partial charge in [-0.2, -0.15) is 0 Å². The monoisotopic (exact) mass is 479 g/mol. The molecule has 3 heterocycles. The fourth-order valence-electron chi connectivity index (χ4n) is 4.83. The number of H-pyrrole nitrogens is 1. The number of nitrogens with one attached hydrogen (secondary N) is 1. The third kappa shape index (κ3) is 3.46. The van der Waals surface area contributed by atoms with E-state index in [4.69, 9.17) is 4.74 Å². The molecule has 0 fully saturated rings. The number of carbonyl (C=O) groups excluding carboxylic acids is 4. The number of amides is 4. The fourth-order valence-corrected chi connectivity index (χ4v) is 4.83. The van der Waals surface area contributed by atoms with Crippen LogP contribution in [0.15, 0.2) is 72.9 Å². The molecule has 0 bridgehead atoms. The van der Waals surface area contributed by atoms with Gasteiger partial charge in [-0.15, -0.1) is 0 Å². The molecule has 2 aliphatic rings. The number of fused-ring (bicyclic) bond motifs is 3. The average Bonchev–Trinajstić information content (AvgIpc) is 3.50. The van der Waals surface area contributed by atoms with Crippen LogP contribution < -0.4 is 4.74 Å². The first-order valence-corrected chi connectivity index (χ1v) is 11.7. The van der Waals surface area contributed by atoms with Crippen LogP contribution in [0.25, 0.3) is 10.9 Å². The summed E-state index contributed by atoms with van der Waals surface area (Å²) in [5.74, 6) is -0.563. The van der Waals surface area contributed by atoms with Crippen LogP contribution in [0.5, 0.6) is 5.75 Å². The largest absolute Gasteiger partial charge is 0.492 e. The highest BCUT2D eigenvalue weighted by Crippen LogP contribution is 2.27. The molecule has 0 radical (unpaired) electrons. The molecule has 178 valence electrons. The van der Waals surface area contributed by atoms with Crippen molar-refractivity contribution in [3.8, 4) is 5.75 Å². The molecule has 3 aromatic carbocycles. The lowest BCUT2D eigenvalue weighted by atomic mass is 10.1. The zero-order valence-electron chi connectivity index (χ0n) is 19.2. The Kier molecular flexibility index (Phi) is 5.14. The van der Waals surface area contributed by atoms with Gasteiger partial charge < -0.3 is 9.72 Å². The molecular formula is C28H21N3O5. The Bertz CT molecular complexity index is 1500. The molecule has 0 unspecified atom stereocenters. The van der Waals surface area contributed by atoms with E-state index in [1.54, 1.807) is 48.5 Å². The van der Waals surface area contributed by atoms with Crippen LogP contribution in [0.2, 0.25) is 0 Å². The summed E-state index contributed by atoms with van der Waals surface area (Å²) in [6.45, 7) is 0.569. The molecule has 0 aliphatic carbocycles. The van der Waals surface area contributed by atoms with Crippen molar-refractivity contribution in [2.75, 3.05) is 19.7 Å². The molecule has 4 amide bonds. The first-order chi connectivity index (χ1) is 17.5. The second-order valence-electron chi connectivity index (χ2n) is 8.73. The maximum atomic E-state index is 12.7. The lowest BCUT2D eigenvalue weighted by molar-refractivity contribution is 0.0624. The Morgan fingerprint density at radius 2 is 1.19 bits per heavy atom. The van der Waals surface area contributed by atoms with E-state index in [0.717, 1.165) is 16.5 Å². The van der Waals surface area contributed by atoms with Crippen molar-refractivity contribution in [1.29, 1.82) is 0 Å². The molecule has 8 nitrogen and oxygen atoms in total. The number of ether oxygens (including phenoxy) is 1. The van der Waals surface area contributed by atoms with Gasteiger partial charge in [0.05, 0.1) is 28.8 Å². The SMILES string of the molecule is O=C1c2ccccc2C(=O)N1CCOc1ccc2[nH]cc(CCN3C(=O)c4ccccc4C3=O)c2c1. The van der Waals surface area contributed by atoms with Crippen LogP contribution in [0, 0.1) is 0 Å². The number of imide groups is 2. The van der Waals surface area contributed by atoms with Crippen LogP contribution in [0.1, 0.15) is 47.0 Å². The summed E-state index contributed by atoms with van der Waals surface area (Å²) in [7, 11) is 0. The highest BCUT2D eigenvalue weighted by molar-refractivity contribution is 6.22. The number of benzene rings is 3. The van der Waals surface area contributed by atoms with E-state index in [-0.39, 0.29) is 43.3 Å². The highest BCUT2D eigenvalue weighted by atomic mass is 16.5. The van der Waals surface area contributed by atoms with E-state index >= 15 is 0 Å². The van der Waals surface area contributed by atoms with Crippen LogP contribution in [-0.2, 0) is 6.42 Å². The first-order valence-electron chi connectivity index (χ1n) is 11.7. The summed E-state index contributed by atoms with van der Waals surface area (Å²) < 4.78 is 5.87. The molecule has 0 saturated heterocycles. The van der Waals surface area contributed by atoms with Crippen molar-refractivity contribution in [3.05, 3.63) is 101 Å². The van der Waals surface area contributed by atoms with Crippen molar-refractivity contribution in [3.63, 3.8) is 0 Å². The molecule has 1 N–H and O–H groups in total. The number of hydrogen-bond donors (Lipinski definition) is 1. The second-order valence-corrected chi connectivity index (χ2v) is 8.73. The number of nitrogens with zero attached hydrogens (tertiary/aromatic N) is 2. The minimum atomic E-state index is -0.310. The van der Waals surface area contributed by atoms with Gasteiger partial charge in [-0.1, -0.05) is 24.3 Å². The number of rotatable bonds is 7. The smallest absolute Gasteiger partial charge is 0.261 e. The Hall–Kier alpha value is -4.72. The maximum Gasteiger partial charge on any atom is 0.261 e. The van der Waals surface area contributed by atoms with E-state index < -0.39 is 0 Å². The Balaban J connectivity index is 1.12. The summed E-state index contributed by atoms with van der Waals surface area (Å²) in [5.41, 5.74) is 3.57. The Labute approximate surface area is 206 Å². The van der Waals surface area contributed by atoms with Crippen LogP contribution in [0.3, 0.4) is 0 Å². The molecule has 4 aromatic rings. The number of aromatic amines is 1. The van der Waals surface area contributed by atoms with Crippen LogP contribution in [0.4, 0.5) is 0 Å². The third-order valence-electron chi connectivity index (χ3n) is 6.68. The van der Waals surface area contributed by atoms with Gasteiger partial charge in [0.25, 0.3) is 23.6 Å². The summed E-state index contributed by atoms with van der Waals surface area (Å²) in [6, 6.07) is 19.2. The molecule has 36 heavy (non-hydrogen) atoms. The molecule has 0 atom stereocenters. The second kappa shape index (κ2) is 8.49. The van der Waals surface area contributed by atoms with Crippen molar-refractivity contribution < 1.29 is 23.9 Å². The Morgan fingerprint density at radius 3 is 1.75 bits per heavy atom. The fraction of sp³-hybridized carbons (Fsp3) is 0.143. The van der Waals surface area contributed by atoms with E-state index in [0.29, 0.717) is 34.4 Å². The molecule has 6 rings (SSSR count). The average molecular weight is 479 g/mol. The van der Waals surface area contributed by atoms with Gasteiger partial charge in [0.15, 0.2) is 0 Å². The summed E-state index contributed by atoms with van der Waals surface area (Å²) in [5, 5.41) is 0.921. The number of aromatic nitrogens is 1. The van der Waals surface area contributed by atoms with Crippen molar-refractivity contribution in [2.24, 2.45) is 0 Å². The molecule has 8 heteroatoms. The minimum Gasteiger partial charge on any atom is -0.492 e. The normalized spacial score (nSPS) is 14.7. The minimum absolute atomic E-state index is 0.143. The predicted molar refractivity (Wildman–Crippen MR) is 131 cm³/mol. The van der Waals surface area contributed by atoms with Crippen molar-refractivity contribution in [2.45, 2.75) is 6.42 Å². The highest BCUT2D eigenvalue weighted by Gasteiger charge is 2.35. The lowest BCUT2D eigenvalue weighted by Crippen LogP contribution is -2.33. The van der Waals surface area contributed by atoms with Crippen LogP contribution >= 0.6 is 0 Å². The van der Waals surface area contributed by atoms with Crippen molar-refractivity contribution in [1.82, 2.24) is 14.8 Å². The number of carbonyl (C=O) groups is 4. The van der Waals surface area contributed by atoms with Gasteiger partial charge in [0, 0.05) is 23.6 Å². The summed E-state index contributed by atoms with van der Waals surface area (Å²) in [4.78, 5) is 56.1. The molecular weight excluding hydrogens is 458 g/mol.